The number of halogens is 1. The van der Waals surface area contributed by atoms with Gasteiger partial charge in [-0.3, -0.25) is 9.78 Å². The highest BCUT2D eigenvalue weighted by Crippen LogP contribution is 2.28. The molecule has 0 aromatic carbocycles. The smallest absolute Gasteiger partial charge is 0.410 e. The molecule has 2 aromatic heterocycles. The SMILES string of the molecule is CC(C)(C)OC(=O)N1CC(c2nc(C(=O)NCc3ncccc3F)co2)C1. The summed E-state index contributed by atoms with van der Waals surface area (Å²) in [6.45, 7) is 6.18. The van der Waals surface area contributed by atoms with Gasteiger partial charge in [-0.25, -0.2) is 14.2 Å². The molecule has 1 saturated heterocycles. The van der Waals surface area contributed by atoms with Crippen LogP contribution in [0.5, 0.6) is 0 Å². The van der Waals surface area contributed by atoms with Gasteiger partial charge < -0.3 is 19.4 Å². The Morgan fingerprint density at radius 2 is 2.15 bits per heavy atom. The summed E-state index contributed by atoms with van der Waals surface area (Å²) >= 11 is 0. The summed E-state index contributed by atoms with van der Waals surface area (Å²) in [6.07, 6.45) is 2.31. The Morgan fingerprint density at radius 3 is 2.81 bits per heavy atom. The molecule has 2 aromatic rings. The van der Waals surface area contributed by atoms with Gasteiger partial charge in [-0.05, 0) is 32.9 Å². The van der Waals surface area contributed by atoms with Crippen LogP contribution in [0.15, 0.2) is 29.0 Å². The molecule has 8 nitrogen and oxygen atoms in total. The number of hydrogen-bond acceptors (Lipinski definition) is 6. The molecule has 1 fully saturated rings. The maximum absolute atomic E-state index is 13.5. The third-order valence-electron chi connectivity index (χ3n) is 3.89. The van der Waals surface area contributed by atoms with Crippen LogP contribution in [0.2, 0.25) is 0 Å². The summed E-state index contributed by atoms with van der Waals surface area (Å²) < 4.78 is 24.2. The van der Waals surface area contributed by atoms with E-state index >= 15 is 0 Å². The number of hydrogen-bond donors (Lipinski definition) is 1. The Morgan fingerprint density at radius 1 is 1.41 bits per heavy atom. The van der Waals surface area contributed by atoms with Gasteiger partial charge in [-0.15, -0.1) is 0 Å². The lowest BCUT2D eigenvalue weighted by atomic mass is 10.0. The van der Waals surface area contributed by atoms with Crippen molar-refractivity contribution in [3.05, 3.63) is 47.7 Å². The summed E-state index contributed by atoms with van der Waals surface area (Å²) in [6, 6.07) is 2.75. The standard InChI is InChI=1S/C18H21FN4O4/c1-18(2,3)27-17(25)23-8-11(9-23)16-22-14(10-26-16)15(24)21-7-13-12(19)5-4-6-20-13/h4-6,10-11H,7-9H2,1-3H3,(H,21,24). The lowest BCUT2D eigenvalue weighted by Crippen LogP contribution is -2.50. The number of likely N-dealkylation sites (tertiary alicyclic amines) is 1. The van der Waals surface area contributed by atoms with E-state index in [1.165, 1.54) is 24.6 Å². The molecule has 0 atom stereocenters. The number of nitrogens with zero attached hydrogens (tertiary/aromatic N) is 3. The Balaban J connectivity index is 1.51. The largest absolute Gasteiger partial charge is 0.448 e. The normalized spacial score (nSPS) is 14.6. The Kier molecular flexibility index (Phi) is 5.11. The number of pyridine rings is 1. The maximum atomic E-state index is 13.5. The fraction of sp³-hybridized carbons (Fsp3) is 0.444. The number of ether oxygens (including phenoxy) is 1. The van der Waals surface area contributed by atoms with Gasteiger partial charge in [0.1, 0.15) is 17.7 Å². The van der Waals surface area contributed by atoms with E-state index in [4.69, 9.17) is 9.15 Å². The fourth-order valence-corrected chi connectivity index (χ4v) is 2.49. The van der Waals surface area contributed by atoms with Crippen LogP contribution in [0, 0.1) is 5.82 Å². The van der Waals surface area contributed by atoms with Crippen molar-refractivity contribution in [2.45, 2.75) is 38.8 Å². The van der Waals surface area contributed by atoms with E-state index in [9.17, 15) is 14.0 Å². The van der Waals surface area contributed by atoms with E-state index < -0.39 is 17.3 Å². The van der Waals surface area contributed by atoms with Crippen molar-refractivity contribution in [1.29, 1.82) is 0 Å². The third-order valence-corrected chi connectivity index (χ3v) is 3.89. The molecule has 1 N–H and O–H groups in total. The second kappa shape index (κ2) is 7.34. The number of aromatic nitrogens is 2. The van der Waals surface area contributed by atoms with Crippen molar-refractivity contribution in [1.82, 2.24) is 20.2 Å². The zero-order chi connectivity index (χ0) is 19.6. The van der Waals surface area contributed by atoms with Crippen LogP contribution in [0.25, 0.3) is 0 Å². The van der Waals surface area contributed by atoms with Crippen molar-refractivity contribution in [2.24, 2.45) is 0 Å². The molecule has 0 saturated carbocycles. The van der Waals surface area contributed by atoms with Gasteiger partial charge >= 0.3 is 6.09 Å². The second-order valence-corrected chi connectivity index (χ2v) is 7.27. The van der Waals surface area contributed by atoms with Gasteiger partial charge in [-0.2, -0.15) is 0 Å². The van der Waals surface area contributed by atoms with E-state index in [0.29, 0.717) is 19.0 Å². The van der Waals surface area contributed by atoms with Gasteiger partial charge in [-0.1, -0.05) is 0 Å². The second-order valence-electron chi connectivity index (χ2n) is 7.27. The lowest BCUT2D eigenvalue weighted by molar-refractivity contribution is 0.00604. The average Bonchev–Trinajstić information content (AvgIpc) is 3.00. The minimum absolute atomic E-state index is 0.0520. The number of carbonyl (C=O) groups is 2. The molecule has 3 rings (SSSR count). The molecule has 3 heterocycles. The summed E-state index contributed by atoms with van der Waals surface area (Å²) in [5.41, 5.74) is -0.317. The molecular formula is C18H21FN4O4. The number of nitrogens with one attached hydrogen (secondary N) is 1. The Hall–Kier alpha value is -2.97. The number of rotatable bonds is 4. The maximum Gasteiger partial charge on any atom is 0.410 e. The summed E-state index contributed by atoms with van der Waals surface area (Å²) in [4.78, 5) is 33.6. The van der Waals surface area contributed by atoms with Crippen LogP contribution >= 0.6 is 0 Å². The topological polar surface area (TPSA) is 97.6 Å². The van der Waals surface area contributed by atoms with Gasteiger partial charge in [0.2, 0.25) is 5.89 Å². The monoisotopic (exact) mass is 376 g/mol. The zero-order valence-corrected chi connectivity index (χ0v) is 15.4. The highest BCUT2D eigenvalue weighted by Gasteiger charge is 2.37. The summed E-state index contributed by atoms with van der Waals surface area (Å²) in [5, 5.41) is 2.55. The first kappa shape index (κ1) is 18.8. The first-order chi connectivity index (χ1) is 12.7. The molecule has 144 valence electrons. The molecule has 0 radical (unpaired) electrons. The molecular weight excluding hydrogens is 355 g/mol. The fourth-order valence-electron chi connectivity index (χ4n) is 2.49. The van der Waals surface area contributed by atoms with Gasteiger partial charge in [0, 0.05) is 19.3 Å². The molecule has 9 heteroatoms. The van der Waals surface area contributed by atoms with Crippen molar-refractivity contribution in [2.75, 3.05) is 13.1 Å². The predicted octanol–water partition coefficient (Wildman–Crippen LogP) is 2.47. The molecule has 27 heavy (non-hydrogen) atoms. The van der Waals surface area contributed by atoms with Crippen LogP contribution < -0.4 is 5.32 Å². The Labute approximate surface area is 155 Å². The zero-order valence-electron chi connectivity index (χ0n) is 15.4. The van der Waals surface area contributed by atoms with Crippen LogP contribution in [-0.2, 0) is 11.3 Å². The quantitative estimate of drug-likeness (QED) is 0.880. The first-order valence-corrected chi connectivity index (χ1v) is 8.54. The van der Waals surface area contributed by atoms with Crippen LogP contribution in [0.3, 0.4) is 0 Å². The van der Waals surface area contributed by atoms with Gasteiger partial charge in [0.25, 0.3) is 5.91 Å². The van der Waals surface area contributed by atoms with Crippen LogP contribution in [0.1, 0.15) is 48.8 Å². The molecule has 1 aliphatic heterocycles. The van der Waals surface area contributed by atoms with E-state index in [0.717, 1.165) is 0 Å². The lowest BCUT2D eigenvalue weighted by Gasteiger charge is -2.38. The highest BCUT2D eigenvalue weighted by molar-refractivity contribution is 5.91. The molecule has 0 spiro atoms. The average molecular weight is 376 g/mol. The van der Waals surface area contributed by atoms with Crippen molar-refractivity contribution in [3.63, 3.8) is 0 Å². The third kappa shape index (κ3) is 4.60. The predicted molar refractivity (Wildman–Crippen MR) is 92.4 cm³/mol. The summed E-state index contributed by atoms with van der Waals surface area (Å²) in [7, 11) is 0. The van der Waals surface area contributed by atoms with Crippen molar-refractivity contribution >= 4 is 12.0 Å². The molecule has 2 amide bonds. The minimum atomic E-state index is -0.552. The highest BCUT2D eigenvalue weighted by atomic mass is 19.1. The first-order valence-electron chi connectivity index (χ1n) is 8.54. The molecule has 0 unspecified atom stereocenters. The van der Waals surface area contributed by atoms with E-state index in [1.807, 2.05) is 0 Å². The Bertz CT molecular complexity index is 840. The van der Waals surface area contributed by atoms with E-state index in [2.05, 4.69) is 15.3 Å². The number of carbonyl (C=O) groups excluding carboxylic acids is 2. The van der Waals surface area contributed by atoms with Gasteiger partial charge in [0.05, 0.1) is 18.2 Å². The van der Waals surface area contributed by atoms with Crippen LogP contribution in [-0.4, -0.2) is 45.6 Å². The molecule has 1 aliphatic rings. The van der Waals surface area contributed by atoms with E-state index in [1.54, 1.807) is 25.7 Å². The summed E-state index contributed by atoms with van der Waals surface area (Å²) in [5.74, 6) is -0.690. The van der Waals surface area contributed by atoms with E-state index in [-0.39, 0.29) is 29.9 Å². The number of oxazole rings is 1. The van der Waals surface area contributed by atoms with Gasteiger partial charge in [0.15, 0.2) is 5.69 Å². The van der Waals surface area contributed by atoms with Crippen molar-refractivity contribution in [3.8, 4) is 0 Å². The number of amides is 2. The minimum Gasteiger partial charge on any atom is -0.448 e. The van der Waals surface area contributed by atoms with Crippen molar-refractivity contribution < 1.29 is 23.1 Å². The van der Waals surface area contributed by atoms with Crippen LogP contribution in [0.4, 0.5) is 9.18 Å². The molecule has 0 aliphatic carbocycles. The molecule has 0 bridgehead atoms.